The molecule has 2 aromatic rings. The van der Waals surface area contributed by atoms with Crippen molar-refractivity contribution < 1.29 is 14.0 Å². The molecule has 0 spiro atoms. The van der Waals surface area contributed by atoms with E-state index in [4.69, 9.17) is 0 Å². The Morgan fingerprint density at radius 1 is 1.16 bits per heavy atom. The molecule has 6 heteroatoms. The zero-order chi connectivity index (χ0) is 17.8. The van der Waals surface area contributed by atoms with Crippen molar-refractivity contribution in [3.63, 3.8) is 0 Å². The van der Waals surface area contributed by atoms with Crippen LogP contribution in [0.1, 0.15) is 28.8 Å². The van der Waals surface area contributed by atoms with Crippen LogP contribution in [0.5, 0.6) is 0 Å². The lowest BCUT2D eigenvalue weighted by atomic mass is 10.2. The van der Waals surface area contributed by atoms with Crippen molar-refractivity contribution in [2.45, 2.75) is 25.4 Å². The first-order chi connectivity index (χ1) is 12.0. The van der Waals surface area contributed by atoms with Crippen molar-refractivity contribution >= 4 is 27.7 Å². The molecule has 1 N–H and O–H groups in total. The molecular weight excluding hydrogens is 387 g/mol. The van der Waals surface area contributed by atoms with Crippen LogP contribution in [0.15, 0.2) is 53.0 Å². The van der Waals surface area contributed by atoms with Gasteiger partial charge in [-0.1, -0.05) is 28.1 Å². The minimum atomic E-state index is -0.401. The van der Waals surface area contributed by atoms with Gasteiger partial charge in [0, 0.05) is 22.6 Å². The summed E-state index contributed by atoms with van der Waals surface area (Å²) in [6.45, 7) is 0.454. The average molecular weight is 405 g/mol. The molecule has 1 fully saturated rings. The minimum Gasteiger partial charge on any atom is -0.343 e. The van der Waals surface area contributed by atoms with E-state index in [1.54, 1.807) is 0 Å². The van der Waals surface area contributed by atoms with Gasteiger partial charge in [0.15, 0.2) is 0 Å². The summed E-state index contributed by atoms with van der Waals surface area (Å²) in [5.41, 5.74) is 1.37. The number of amides is 2. The van der Waals surface area contributed by atoms with E-state index < -0.39 is 5.82 Å². The second-order valence-corrected chi connectivity index (χ2v) is 6.99. The fraction of sp³-hybridized carbons (Fsp3) is 0.263. The fourth-order valence-corrected chi connectivity index (χ4v) is 3.05. The highest BCUT2D eigenvalue weighted by molar-refractivity contribution is 9.10. The standard InChI is InChI=1S/C19H18BrFN2O2/c20-15-3-1-2-13(10-15)12-23(17-8-9-17)18(24)11-22-19(25)14-4-6-16(21)7-5-14/h1-7,10,17H,8-9,11-12H2,(H,22,25). The molecule has 1 aliphatic carbocycles. The predicted molar refractivity (Wildman–Crippen MR) is 96.4 cm³/mol. The molecule has 3 rings (SSSR count). The van der Waals surface area contributed by atoms with Gasteiger partial charge in [-0.15, -0.1) is 0 Å². The van der Waals surface area contributed by atoms with E-state index in [1.807, 2.05) is 29.2 Å². The Balaban J connectivity index is 1.59. The Morgan fingerprint density at radius 3 is 2.52 bits per heavy atom. The van der Waals surface area contributed by atoms with Crippen LogP contribution in [0.4, 0.5) is 4.39 Å². The molecule has 0 aromatic heterocycles. The third-order valence-electron chi connectivity index (χ3n) is 4.06. The Hall–Kier alpha value is -2.21. The first-order valence-electron chi connectivity index (χ1n) is 8.10. The molecule has 0 atom stereocenters. The average Bonchev–Trinajstić information content (AvgIpc) is 3.43. The lowest BCUT2D eigenvalue weighted by molar-refractivity contribution is -0.131. The molecule has 4 nitrogen and oxygen atoms in total. The molecule has 0 aliphatic heterocycles. The van der Waals surface area contributed by atoms with Gasteiger partial charge in [-0.25, -0.2) is 4.39 Å². The minimum absolute atomic E-state index is 0.0687. The highest BCUT2D eigenvalue weighted by Crippen LogP contribution is 2.28. The van der Waals surface area contributed by atoms with Crippen molar-refractivity contribution in [2.24, 2.45) is 0 Å². The summed E-state index contributed by atoms with van der Waals surface area (Å²) in [5.74, 6) is -0.897. The molecule has 0 heterocycles. The largest absolute Gasteiger partial charge is 0.343 e. The maximum absolute atomic E-state index is 12.9. The molecule has 2 aromatic carbocycles. The second-order valence-electron chi connectivity index (χ2n) is 6.07. The number of hydrogen-bond acceptors (Lipinski definition) is 2. The van der Waals surface area contributed by atoms with Gasteiger partial charge in [-0.05, 0) is 54.8 Å². The van der Waals surface area contributed by atoms with E-state index in [1.165, 1.54) is 24.3 Å². The van der Waals surface area contributed by atoms with Gasteiger partial charge >= 0.3 is 0 Å². The van der Waals surface area contributed by atoms with E-state index in [2.05, 4.69) is 21.2 Å². The number of nitrogens with one attached hydrogen (secondary N) is 1. The van der Waals surface area contributed by atoms with Crippen LogP contribution in [0.25, 0.3) is 0 Å². The smallest absolute Gasteiger partial charge is 0.251 e. The topological polar surface area (TPSA) is 49.4 Å². The summed E-state index contributed by atoms with van der Waals surface area (Å²) in [6, 6.07) is 13.3. The number of carbonyl (C=O) groups excluding carboxylic acids is 2. The van der Waals surface area contributed by atoms with Gasteiger partial charge in [0.25, 0.3) is 5.91 Å². The molecule has 2 amide bonds. The van der Waals surface area contributed by atoms with Crippen LogP contribution in [0.3, 0.4) is 0 Å². The Kier molecular flexibility index (Phi) is 5.48. The maximum Gasteiger partial charge on any atom is 0.251 e. The predicted octanol–water partition coefficient (Wildman–Crippen LogP) is 3.51. The molecule has 25 heavy (non-hydrogen) atoms. The van der Waals surface area contributed by atoms with E-state index in [-0.39, 0.29) is 24.4 Å². The summed E-state index contributed by atoms with van der Waals surface area (Å²) in [4.78, 5) is 26.4. The Labute approximate surface area is 154 Å². The lowest BCUT2D eigenvalue weighted by Gasteiger charge is -2.23. The highest BCUT2D eigenvalue weighted by atomic mass is 79.9. The van der Waals surface area contributed by atoms with Gasteiger partial charge in [0.2, 0.25) is 5.91 Å². The monoisotopic (exact) mass is 404 g/mol. The van der Waals surface area contributed by atoms with Gasteiger partial charge < -0.3 is 10.2 Å². The summed E-state index contributed by atoms with van der Waals surface area (Å²) in [7, 11) is 0. The van der Waals surface area contributed by atoms with Crippen LogP contribution in [0.2, 0.25) is 0 Å². The number of carbonyl (C=O) groups is 2. The summed E-state index contributed by atoms with van der Waals surface area (Å²) in [6.07, 6.45) is 1.98. The molecule has 0 unspecified atom stereocenters. The molecule has 1 saturated carbocycles. The number of halogens is 2. The third-order valence-corrected chi connectivity index (χ3v) is 4.55. The molecule has 0 radical (unpaired) electrons. The number of hydrogen-bond donors (Lipinski definition) is 1. The molecule has 1 aliphatic rings. The van der Waals surface area contributed by atoms with E-state index in [0.29, 0.717) is 12.1 Å². The fourth-order valence-electron chi connectivity index (χ4n) is 2.60. The number of benzene rings is 2. The molecule has 130 valence electrons. The normalized spacial score (nSPS) is 13.4. The van der Waals surface area contributed by atoms with Gasteiger partial charge in [0.05, 0.1) is 6.54 Å². The van der Waals surface area contributed by atoms with Crippen molar-refractivity contribution in [1.82, 2.24) is 10.2 Å². The summed E-state index contributed by atoms with van der Waals surface area (Å²) >= 11 is 3.44. The molecule has 0 bridgehead atoms. The zero-order valence-corrected chi connectivity index (χ0v) is 15.1. The van der Waals surface area contributed by atoms with Crippen molar-refractivity contribution in [3.05, 3.63) is 69.9 Å². The van der Waals surface area contributed by atoms with Crippen molar-refractivity contribution in [1.29, 1.82) is 0 Å². The van der Waals surface area contributed by atoms with Crippen molar-refractivity contribution in [2.75, 3.05) is 6.54 Å². The quantitative estimate of drug-likeness (QED) is 0.800. The number of rotatable bonds is 6. The van der Waals surface area contributed by atoms with E-state index in [9.17, 15) is 14.0 Å². The second kappa shape index (κ2) is 7.78. The number of nitrogens with zero attached hydrogens (tertiary/aromatic N) is 1. The summed E-state index contributed by atoms with van der Waals surface area (Å²) in [5, 5.41) is 2.62. The molecular formula is C19H18BrFN2O2. The van der Waals surface area contributed by atoms with Gasteiger partial charge in [0.1, 0.15) is 5.82 Å². The van der Waals surface area contributed by atoms with Crippen LogP contribution >= 0.6 is 15.9 Å². The van der Waals surface area contributed by atoms with Crippen LogP contribution in [-0.2, 0) is 11.3 Å². The Morgan fingerprint density at radius 2 is 1.88 bits per heavy atom. The van der Waals surface area contributed by atoms with Crippen LogP contribution in [0, 0.1) is 5.82 Å². The van der Waals surface area contributed by atoms with E-state index in [0.717, 1.165) is 22.9 Å². The highest BCUT2D eigenvalue weighted by Gasteiger charge is 2.32. The van der Waals surface area contributed by atoms with Gasteiger partial charge in [-0.2, -0.15) is 0 Å². The third kappa shape index (κ3) is 4.89. The molecule has 0 saturated heterocycles. The zero-order valence-electron chi connectivity index (χ0n) is 13.5. The summed E-state index contributed by atoms with van der Waals surface area (Å²) < 4.78 is 13.9. The van der Waals surface area contributed by atoms with Crippen LogP contribution in [-0.4, -0.2) is 29.3 Å². The van der Waals surface area contributed by atoms with E-state index >= 15 is 0 Å². The van der Waals surface area contributed by atoms with Gasteiger partial charge in [-0.3, -0.25) is 9.59 Å². The lowest BCUT2D eigenvalue weighted by Crippen LogP contribution is -2.41. The van der Waals surface area contributed by atoms with Crippen LogP contribution < -0.4 is 5.32 Å². The van der Waals surface area contributed by atoms with Crippen molar-refractivity contribution in [3.8, 4) is 0 Å². The first kappa shape index (κ1) is 17.6. The first-order valence-corrected chi connectivity index (χ1v) is 8.90. The Bertz CT molecular complexity index is 775. The SMILES string of the molecule is O=C(NCC(=O)N(Cc1cccc(Br)c1)C1CC1)c1ccc(F)cc1. The maximum atomic E-state index is 12.9.